The zero-order valence-corrected chi connectivity index (χ0v) is 14.3. The lowest BCUT2D eigenvalue weighted by atomic mass is 9.91. The molecule has 2 fully saturated rings. The molecule has 1 saturated heterocycles. The summed E-state index contributed by atoms with van der Waals surface area (Å²) in [4.78, 5) is 19.3. The van der Waals surface area contributed by atoms with Crippen molar-refractivity contribution in [2.45, 2.75) is 38.5 Å². The molecule has 1 aliphatic carbocycles. The number of nitrogens with one attached hydrogen (secondary N) is 1. The molecule has 24 heavy (non-hydrogen) atoms. The van der Waals surface area contributed by atoms with Gasteiger partial charge in [0.1, 0.15) is 5.82 Å². The van der Waals surface area contributed by atoms with Gasteiger partial charge in [0.05, 0.1) is 6.20 Å². The molecule has 8 heteroatoms. The fraction of sp³-hybridized carbons (Fsp3) is 0.688. The number of rotatable bonds is 4. The number of likely N-dealkylation sites (tertiary alicyclic amines) is 1. The maximum Gasteiger partial charge on any atom is 0.276 e. The maximum absolute atomic E-state index is 12.7. The number of amides is 1. The maximum atomic E-state index is 12.7. The van der Waals surface area contributed by atoms with E-state index in [0.29, 0.717) is 30.0 Å². The summed E-state index contributed by atoms with van der Waals surface area (Å²) in [5, 5.41) is 15.3. The fourth-order valence-electron chi connectivity index (χ4n) is 3.61. The zero-order chi connectivity index (χ0) is 16.8. The van der Waals surface area contributed by atoms with Gasteiger partial charge >= 0.3 is 0 Å². The molecule has 0 bridgehead atoms. The Morgan fingerprint density at radius 1 is 1.33 bits per heavy atom. The minimum Gasteiger partial charge on any atom is -0.336 e. The van der Waals surface area contributed by atoms with Gasteiger partial charge in [-0.3, -0.25) is 14.6 Å². The Labute approximate surface area is 140 Å². The van der Waals surface area contributed by atoms with Crippen LogP contribution in [0.3, 0.4) is 0 Å². The van der Waals surface area contributed by atoms with Crippen molar-refractivity contribution in [3.05, 3.63) is 23.5 Å². The van der Waals surface area contributed by atoms with E-state index in [1.54, 1.807) is 17.9 Å². The van der Waals surface area contributed by atoms with Crippen molar-refractivity contribution in [3.63, 3.8) is 0 Å². The highest BCUT2D eigenvalue weighted by Gasteiger charge is 2.46. The van der Waals surface area contributed by atoms with Crippen molar-refractivity contribution in [3.8, 4) is 0 Å². The van der Waals surface area contributed by atoms with Gasteiger partial charge in [-0.2, -0.15) is 5.10 Å². The van der Waals surface area contributed by atoms with E-state index >= 15 is 0 Å². The molecule has 128 valence electrons. The minimum atomic E-state index is -0.0418. The second-order valence-electron chi connectivity index (χ2n) is 7.33. The largest absolute Gasteiger partial charge is 0.336 e. The van der Waals surface area contributed by atoms with Crippen molar-refractivity contribution in [1.82, 2.24) is 35.1 Å². The Hall–Kier alpha value is -2.25. The Bertz CT molecular complexity index is 745. The van der Waals surface area contributed by atoms with Crippen LogP contribution in [-0.2, 0) is 7.05 Å². The summed E-state index contributed by atoms with van der Waals surface area (Å²) in [5.41, 5.74) is 0.410. The molecular formula is C16H23N7O. The number of carbonyl (C=O) groups excluding carboxylic acids is 1. The van der Waals surface area contributed by atoms with Gasteiger partial charge in [-0.15, -0.1) is 5.10 Å². The summed E-state index contributed by atoms with van der Waals surface area (Å²) in [6.07, 6.45) is 4.17. The predicted octanol–water partition coefficient (Wildman–Crippen LogP) is 1.32. The molecule has 1 N–H and O–H groups in total. The first-order valence-corrected chi connectivity index (χ1v) is 8.60. The molecule has 1 amide bonds. The average Bonchev–Trinajstić information content (AvgIpc) is 2.99. The minimum absolute atomic E-state index is 0.0418. The third kappa shape index (κ3) is 2.70. The van der Waals surface area contributed by atoms with Crippen LogP contribution < -0.4 is 0 Å². The second kappa shape index (κ2) is 5.68. The van der Waals surface area contributed by atoms with Crippen molar-refractivity contribution in [2.24, 2.45) is 18.9 Å². The SMILES string of the molecule is CC(C)c1n[nH]c([C@H]2CN(C(=O)c3cn(C)nn3)C[C@@H]2C2CC2)n1. The van der Waals surface area contributed by atoms with E-state index in [9.17, 15) is 4.79 Å². The van der Waals surface area contributed by atoms with Crippen LogP contribution >= 0.6 is 0 Å². The highest BCUT2D eigenvalue weighted by molar-refractivity contribution is 5.92. The molecule has 0 spiro atoms. The van der Waals surface area contributed by atoms with Gasteiger partial charge in [-0.05, 0) is 24.7 Å². The van der Waals surface area contributed by atoms with Crippen LogP contribution in [-0.4, -0.2) is 54.1 Å². The smallest absolute Gasteiger partial charge is 0.276 e. The van der Waals surface area contributed by atoms with Gasteiger partial charge in [0, 0.05) is 32.0 Å². The molecule has 2 atom stereocenters. The number of hydrogen-bond donors (Lipinski definition) is 1. The summed E-state index contributed by atoms with van der Waals surface area (Å²) < 4.78 is 1.56. The first-order chi connectivity index (χ1) is 11.5. The van der Waals surface area contributed by atoms with Gasteiger partial charge in [0.2, 0.25) is 0 Å². The van der Waals surface area contributed by atoms with Gasteiger partial charge < -0.3 is 4.90 Å². The molecule has 4 rings (SSSR count). The molecule has 2 aliphatic rings. The lowest BCUT2D eigenvalue weighted by Crippen LogP contribution is -2.29. The molecule has 2 aromatic rings. The number of H-pyrrole nitrogens is 1. The standard InChI is InChI=1S/C16H23N7O/c1-9(2)14-17-15(20-19-14)12-7-23(6-11(12)10-4-5-10)16(24)13-8-22(3)21-18-13/h8-12H,4-7H2,1-3H3,(H,17,19,20)/t11-,12+/m1/s1. The van der Waals surface area contributed by atoms with Gasteiger partial charge in [0.15, 0.2) is 11.5 Å². The summed E-state index contributed by atoms with van der Waals surface area (Å²) in [7, 11) is 1.77. The molecule has 0 aromatic carbocycles. The van der Waals surface area contributed by atoms with Crippen LogP contribution in [0.5, 0.6) is 0 Å². The summed E-state index contributed by atoms with van der Waals surface area (Å²) >= 11 is 0. The summed E-state index contributed by atoms with van der Waals surface area (Å²) in [6, 6.07) is 0. The number of nitrogens with zero attached hydrogens (tertiary/aromatic N) is 6. The van der Waals surface area contributed by atoms with E-state index in [4.69, 9.17) is 0 Å². The molecule has 0 unspecified atom stereocenters. The van der Waals surface area contributed by atoms with E-state index in [2.05, 4.69) is 39.3 Å². The Balaban J connectivity index is 1.56. The summed E-state index contributed by atoms with van der Waals surface area (Å²) in [5.74, 6) is 3.41. The van der Waals surface area contributed by atoms with Gasteiger partial charge in [-0.1, -0.05) is 19.1 Å². The Morgan fingerprint density at radius 3 is 2.71 bits per heavy atom. The topological polar surface area (TPSA) is 92.6 Å². The van der Waals surface area contributed by atoms with Crippen molar-refractivity contribution >= 4 is 5.91 Å². The van der Waals surface area contributed by atoms with Gasteiger partial charge in [0.25, 0.3) is 5.91 Å². The first kappa shape index (κ1) is 15.3. The number of carbonyl (C=O) groups is 1. The fourth-order valence-corrected chi connectivity index (χ4v) is 3.61. The zero-order valence-electron chi connectivity index (χ0n) is 14.3. The Kier molecular flexibility index (Phi) is 3.62. The van der Waals surface area contributed by atoms with Crippen LogP contribution in [0, 0.1) is 11.8 Å². The van der Waals surface area contributed by atoms with E-state index < -0.39 is 0 Å². The number of aromatic nitrogens is 6. The van der Waals surface area contributed by atoms with Crippen molar-refractivity contribution < 1.29 is 4.79 Å². The molecule has 3 heterocycles. The van der Waals surface area contributed by atoms with Crippen LogP contribution in [0.1, 0.15) is 60.7 Å². The number of aryl methyl sites for hydroxylation is 1. The normalized spacial score (nSPS) is 24.1. The predicted molar refractivity (Wildman–Crippen MR) is 86.3 cm³/mol. The van der Waals surface area contributed by atoms with E-state index in [1.807, 2.05) is 4.90 Å². The highest BCUT2D eigenvalue weighted by Crippen LogP contribution is 2.47. The third-order valence-corrected chi connectivity index (χ3v) is 5.09. The molecule has 0 radical (unpaired) electrons. The van der Waals surface area contributed by atoms with Crippen LogP contribution in [0.25, 0.3) is 0 Å². The van der Waals surface area contributed by atoms with Gasteiger partial charge in [-0.25, -0.2) is 4.98 Å². The molecule has 1 saturated carbocycles. The number of hydrogen-bond acceptors (Lipinski definition) is 5. The number of aromatic amines is 1. The lowest BCUT2D eigenvalue weighted by molar-refractivity contribution is 0.0778. The molecule has 8 nitrogen and oxygen atoms in total. The molecule has 1 aliphatic heterocycles. The van der Waals surface area contributed by atoms with E-state index in [0.717, 1.165) is 18.2 Å². The monoisotopic (exact) mass is 329 g/mol. The van der Waals surface area contributed by atoms with Crippen LogP contribution in [0.2, 0.25) is 0 Å². The van der Waals surface area contributed by atoms with Crippen LogP contribution in [0.4, 0.5) is 0 Å². The first-order valence-electron chi connectivity index (χ1n) is 8.60. The third-order valence-electron chi connectivity index (χ3n) is 5.09. The summed E-state index contributed by atoms with van der Waals surface area (Å²) in [6.45, 7) is 5.61. The van der Waals surface area contributed by atoms with Crippen molar-refractivity contribution in [1.29, 1.82) is 0 Å². The quantitative estimate of drug-likeness (QED) is 0.913. The van der Waals surface area contributed by atoms with E-state index in [1.165, 1.54) is 12.8 Å². The van der Waals surface area contributed by atoms with E-state index in [-0.39, 0.29) is 11.8 Å². The lowest BCUT2D eigenvalue weighted by Gasteiger charge is -2.14. The van der Waals surface area contributed by atoms with Crippen LogP contribution in [0.15, 0.2) is 6.20 Å². The average molecular weight is 329 g/mol. The molecule has 2 aromatic heterocycles. The Morgan fingerprint density at radius 2 is 2.12 bits per heavy atom. The van der Waals surface area contributed by atoms with Crippen molar-refractivity contribution in [2.75, 3.05) is 13.1 Å². The highest BCUT2D eigenvalue weighted by atomic mass is 16.2. The molecular weight excluding hydrogens is 306 g/mol. The second-order valence-corrected chi connectivity index (χ2v) is 7.33.